The van der Waals surface area contributed by atoms with Crippen molar-refractivity contribution < 1.29 is 20.1 Å². The standard InChI is InChI=1S/C95H70N5.Ir/c1-94(2,3)69-49-52-97-86(60-69)64-44-47-82(92(58-64)99-88-39-20-16-34-78(88)79-35-17-21-40-89(79)99)75-32-14-11-29-72(75)67-54-66(71-28-10-13-31-74(71)77-46-43-63(85-38-24-25-51-96-85)57-84(77)62-26-8-7-9-27-62)55-68(56-67)73-30-12-15-33-76(73)83-48-45-65(87-61-70(50-53-98-87)95(4,5)6)59-93(83)100-90-41-22-18-36-80(90)81-37-19-23-42-91(81)100;/h7-42,46-61H,1-6H3;/q-3;+3. The number of nitrogens with zero attached hydrogens (tertiary/aromatic N) is 5. The summed E-state index contributed by atoms with van der Waals surface area (Å²) in [5.74, 6) is 0. The third-order valence-electron chi connectivity index (χ3n) is 19.8. The van der Waals surface area contributed by atoms with Crippen molar-refractivity contribution in [3.8, 4) is 123 Å². The van der Waals surface area contributed by atoms with Crippen LogP contribution in [-0.4, -0.2) is 24.1 Å². The van der Waals surface area contributed by atoms with Gasteiger partial charge in [-0.1, -0.05) is 281 Å². The number of para-hydroxylation sites is 4. The maximum absolute atomic E-state index is 5.04. The Morgan fingerprint density at radius 2 is 0.594 bits per heavy atom. The minimum Gasteiger partial charge on any atom is -0.326 e. The molecule has 0 aliphatic rings. The number of rotatable bonds is 12. The number of benzene rings is 12. The van der Waals surface area contributed by atoms with Crippen molar-refractivity contribution in [1.82, 2.24) is 24.1 Å². The van der Waals surface area contributed by atoms with E-state index in [0.29, 0.717) is 0 Å². The Kier molecular flexibility index (Phi) is 16.6. The fraction of sp³-hybridized carbons (Fsp3) is 0.0842. The van der Waals surface area contributed by atoms with E-state index in [0.717, 1.165) is 145 Å². The molecule has 0 N–H and O–H groups in total. The molecule has 17 aromatic rings. The molecule has 5 aromatic heterocycles. The molecule has 5 heterocycles. The molecule has 0 radical (unpaired) electrons. The van der Waals surface area contributed by atoms with Gasteiger partial charge in [0.2, 0.25) is 0 Å². The Morgan fingerprint density at radius 1 is 0.257 bits per heavy atom. The van der Waals surface area contributed by atoms with Crippen LogP contribution in [0, 0.1) is 18.2 Å². The van der Waals surface area contributed by atoms with Gasteiger partial charge in [0.15, 0.2) is 0 Å². The molecule has 0 aliphatic heterocycles. The van der Waals surface area contributed by atoms with Gasteiger partial charge in [-0.05, 0) is 150 Å². The fourth-order valence-electron chi connectivity index (χ4n) is 14.8. The maximum Gasteiger partial charge on any atom is 3.00 e. The maximum atomic E-state index is 5.04. The van der Waals surface area contributed by atoms with Crippen LogP contribution in [0.4, 0.5) is 0 Å². The van der Waals surface area contributed by atoms with E-state index in [4.69, 9.17) is 15.0 Å². The van der Waals surface area contributed by atoms with Crippen LogP contribution in [0.15, 0.2) is 316 Å². The quantitative estimate of drug-likeness (QED) is 0.115. The summed E-state index contributed by atoms with van der Waals surface area (Å²) in [6.45, 7) is 13.5. The molecule has 0 unspecified atom stereocenters. The van der Waals surface area contributed by atoms with E-state index >= 15 is 0 Å². The van der Waals surface area contributed by atoms with Crippen molar-refractivity contribution in [3.05, 3.63) is 345 Å². The zero-order valence-corrected chi connectivity index (χ0v) is 59.5. The molecule has 484 valence electrons. The summed E-state index contributed by atoms with van der Waals surface area (Å²) in [7, 11) is 0. The molecule has 0 aliphatic carbocycles. The normalized spacial score (nSPS) is 11.8. The Bertz CT molecular complexity index is 5620. The van der Waals surface area contributed by atoms with Crippen LogP contribution in [0.5, 0.6) is 0 Å². The van der Waals surface area contributed by atoms with E-state index in [1.54, 1.807) is 0 Å². The minimum absolute atomic E-state index is 0. The van der Waals surface area contributed by atoms with Gasteiger partial charge in [-0.25, -0.2) is 0 Å². The summed E-state index contributed by atoms with van der Waals surface area (Å²) in [6, 6.07) is 119. The van der Waals surface area contributed by atoms with Gasteiger partial charge in [0, 0.05) is 40.1 Å². The summed E-state index contributed by atoms with van der Waals surface area (Å²) in [4.78, 5) is 14.9. The van der Waals surface area contributed by atoms with E-state index in [2.05, 4.69) is 354 Å². The van der Waals surface area contributed by atoms with E-state index in [9.17, 15) is 0 Å². The topological polar surface area (TPSA) is 48.5 Å². The first-order chi connectivity index (χ1) is 48.9. The SMILES string of the molecule is CC(C)(C)c1ccnc(-c2[c-]cc(-c3ccccc3-c3cc(-c4ccccc4-c4c[c-]c(-c5ccccn5)cc4-c4ccccc4)cc(-c4ccccc4-c4c[c-]c(-c5cc(C(C)(C)C)ccn5)cc4-n4c5ccccc5c5ccccc54)c3)c(-n3c4ccccc4c4ccccc43)c2)c1.[Ir+3]. The zero-order valence-electron chi connectivity index (χ0n) is 57.1. The molecular weight excluding hydrogens is 1400 g/mol. The smallest absolute Gasteiger partial charge is 0.326 e. The molecule has 0 spiro atoms. The summed E-state index contributed by atoms with van der Waals surface area (Å²) in [5.41, 5.74) is 29.2. The summed E-state index contributed by atoms with van der Waals surface area (Å²) in [5, 5.41) is 4.75. The summed E-state index contributed by atoms with van der Waals surface area (Å²) >= 11 is 0. The van der Waals surface area contributed by atoms with Crippen molar-refractivity contribution in [3.63, 3.8) is 0 Å². The number of aromatic nitrogens is 5. The molecule has 6 heteroatoms. The van der Waals surface area contributed by atoms with Crippen molar-refractivity contribution >= 4 is 43.6 Å². The number of pyridine rings is 3. The molecule has 0 amide bonds. The Morgan fingerprint density at radius 3 is 0.990 bits per heavy atom. The largest absolute Gasteiger partial charge is 3.00 e. The van der Waals surface area contributed by atoms with Crippen LogP contribution in [-0.2, 0) is 30.9 Å². The zero-order chi connectivity index (χ0) is 67.6. The second kappa shape index (κ2) is 26.2. The van der Waals surface area contributed by atoms with Crippen molar-refractivity contribution in [2.45, 2.75) is 52.4 Å². The molecular formula is C95H70IrN5. The molecule has 5 nitrogen and oxygen atoms in total. The second-order valence-electron chi connectivity index (χ2n) is 28.1. The van der Waals surface area contributed by atoms with Crippen LogP contribution >= 0.6 is 0 Å². The molecule has 0 bridgehead atoms. The van der Waals surface area contributed by atoms with E-state index in [-0.39, 0.29) is 30.9 Å². The molecule has 0 fully saturated rings. The van der Waals surface area contributed by atoms with Crippen molar-refractivity contribution in [2.24, 2.45) is 0 Å². The third kappa shape index (κ3) is 11.8. The first kappa shape index (κ1) is 64.0. The van der Waals surface area contributed by atoms with Crippen LogP contribution < -0.4 is 0 Å². The van der Waals surface area contributed by atoms with Crippen LogP contribution in [0.1, 0.15) is 52.7 Å². The minimum atomic E-state index is -0.0808. The first-order valence-corrected chi connectivity index (χ1v) is 34.4. The van der Waals surface area contributed by atoms with Crippen molar-refractivity contribution in [2.75, 3.05) is 0 Å². The summed E-state index contributed by atoms with van der Waals surface area (Å²) < 4.78 is 4.90. The molecule has 0 saturated heterocycles. The van der Waals surface area contributed by atoms with Crippen LogP contribution in [0.25, 0.3) is 167 Å². The fourth-order valence-corrected chi connectivity index (χ4v) is 14.8. The van der Waals surface area contributed by atoms with Gasteiger partial charge in [0.25, 0.3) is 0 Å². The number of hydrogen-bond donors (Lipinski definition) is 0. The number of hydrogen-bond acceptors (Lipinski definition) is 3. The van der Waals surface area contributed by atoms with E-state index in [1.807, 2.05) is 30.7 Å². The van der Waals surface area contributed by atoms with Crippen molar-refractivity contribution in [1.29, 1.82) is 0 Å². The monoisotopic (exact) mass is 1470 g/mol. The van der Waals surface area contributed by atoms with Gasteiger partial charge in [-0.2, -0.15) is 0 Å². The predicted octanol–water partition coefficient (Wildman–Crippen LogP) is 24.7. The van der Waals surface area contributed by atoms with Crippen LogP contribution in [0.3, 0.4) is 0 Å². The summed E-state index contributed by atoms with van der Waals surface area (Å²) in [6.07, 6.45) is 5.73. The average molecular weight is 1470 g/mol. The van der Waals surface area contributed by atoms with Gasteiger partial charge in [0.05, 0.1) is 22.1 Å². The predicted molar refractivity (Wildman–Crippen MR) is 417 cm³/mol. The van der Waals surface area contributed by atoms with Gasteiger partial charge < -0.3 is 24.1 Å². The van der Waals surface area contributed by atoms with E-state index in [1.165, 1.54) is 32.7 Å². The third-order valence-corrected chi connectivity index (χ3v) is 19.8. The molecule has 101 heavy (non-hydrogen) atoms. The first-order valence-electron chi connectivity index (χ1n) is 34.4. The Balaban J connectivity index is 0.00000792. The van der Waals surface area contributed by atoms with Gasteiger partial charge >= 0.3 is 20.1 Å². The second-order valence-corrected chi connectivity index (χ2v) is 28.1. The number of fused-ring (bicyclic) bond motifs is 6. The molecule has 12 aromatic carbocycles. The average Bonchev–Trinajstić information content (AvgIpc) is 1.66. The molecule has 0 atom stereocenters. The molecule has 17 rings (SSSR count). The van der Waals surface area contributed by atoms with Crippen LogP contribution in [0.2, 0.25) is 0 Å². The van der Waals surface area contributed by atoms with Gasteiger partial charge in [0.1, 0.15) is 0 Å². The Hall–Kier alpha value is -11.7. The van der Waals surface area contributed by atoms with E-state index < -0.39 is 0 Å². The van der Waals surface area contributed by atoms with Gasteiger partial charge in [-0.3, -0.25) is 0 Å². The molecule has 0 saturated carbocycles. The Labute approximate surface area is 604 Å². The van der Waals surface area contributed by atoms with Gasteiger partial charge in [-0.15, -0.1) is 71.3 Å².